The quantitative estimate of drug-likeness (QED) is 0.797. The summed E-state index contributed by atoms with van der Waals surface area (Å²) in [4.78, 5) is 0.177. The Morgan fingerprint density at radius 3 is 2.68 bits per heavy atom. The maximum Gasteiger partial charge on any atom is 0.241 e. The van der Waals surface area contributed by atoms with Crippen LogP contribution in [0.15, 0.2) is 23.1 Å². The smallest absolute Gasteiger partial charge is 0.241 e. The van der Waals surface area contributed by atoms with E-state index in [1.165, 1.54) is 19.2 Å². The summed E-state index contributed by atoms with van der Waals surface area (Å²) in [6.07, 6.45) is 0.291. The summed E-state index contributed by atoms with van der Waals surface area (Å²) in [6.45, 7) is 1.76. The number of sulfonamides is 1. The standard InChI is InChI=1S/C12H18ClNO4S/c1-9-7-10(13)3-4-12(9)19(16,17)14-11(5-6-15)8-18-2/h3-4,7,11,14-15H,5-6,8H2,1-2H3. The summed E-state index contributed by atoms with van der Waals surface area (Å²) in [5, 5.41) is 9.40. The number of aliphatic hydroxyl groups is 1. The molecule has 2 N–H and O–H groups in total. The molecule has 0 bridgehead atoms. The molecule has 0 radical (unpaired) electrons. The zero-order valence-corrected chi connectivity index (χ0v) is 12.5. The molecule has 7 heteroatoms. The summed E-state index contributed by atoms with van der Waals surface area (Å²) >= 11 is 5.80. The largest absolute Gasteiger partial charge is 0.396 e. The van der Waals surface area contributed by atoms with Crippen molar-refractivity contribution in [3.05, 3.63) is 28.8 Å². The van der Waals surface area contributed by atoms with Gasteiger partial charge in [0.1, 0.15) is 0 Å². The van der Waals surface area contributed by atoms with Gasteiger partial charge < -0.3 is 9.84 Å². The van der Waals surface area contributed by atoms with Gasteiger partial charge in [-0.15, -0.1) is 0 Å². The molecule has 0 aliphatic heterocycles. The molecule has 0 spiro atoms. The Morgan fingerprint density at radius 2 is 2.16 bits per heavy atom. The van der Waals surface area contributed by atoms with Crippen LogP contribution in [0.25, 0.3) is 0 Å². The van der Waals surface area contributed by atoms with Crippen molar-refractivity contribution >= 4 is 21.6 Å². The molecular formula is C12H18ClNO4S. The molecule has 0 saturated carbocycles. The van der Waals surface area contributed by atoms with Crippen LogP contribution in [0, 0.1) is 6.92 Å². The maximum absolute atomic E-state index is 12.2. The Bertz CT molecular complexity index is 512. The van der Waals surface area contributed by atoms with Gasteiger partial charge in [-0.25, -0.2) is 13.1 Å². The van der Waals surface area contributed by atoms with Crippen LogP contribution in [0.4, 0.5) is 0 Å². The van der Waals surface area contributed by atoms with Crippen molar-refractivity contribution < 1.29 is 18.3 Å². The van der Waals surface area contributed by atoms with Crippen molar-refractivity contribution in [1.29, 1.82) is 0 Å². The van der Waals surface area contributed by atoms with Crippen LogP contribution < -0.4 is 4.72 Å². The molecule has 0 aliphatic rings. The zero-order chi connectivity index (χ0) is 14.5. The molecule has 0 fully saturated rings. The number of aliphatic hydroxyl groups excluding tert-OH is 1. The molecule has 108 valence electrons. The third kappa shape index (κ3) is 4.74. The Balaban J connectivity index is 2.96. The summed E-state index contributed by atoms with van der Waals surface area (Å²) in [7, 11) is -2.17. The van der Waals surface area contributed by atoms with E-state index in [1.54, 1.807) is 13.0 Å². The molecule has 1 rings (SSSR count). The van der Waals surface area contributed by atoms with E-state index in [0.29, 0.717) is 17.0 Å². The van der Waals surface area contributed by atoms with Gasteiger partial charge in [0.2, 0.25) is 10.0 Å². The van der Waals surface area contributed by atoms with Crippen molar-refractivity contribution in [2.75, 3.05) is 20.3 Å². The first-order valence-corrected chi connectivity index (χ1v) is 7.65. The normalized spacial score (nSPS) is 13.5. The Kier molecular flexibility index (Phi) is 6.22. The van der Waals surface area contributed by atoms with E-state index in [0.717, 1.165) is 0 Å². The lowest BCUT2D eigenvalue weighted by atomic mass is 10.2. The van der Waals surface area contributed by atoms with Crippen molar-refractivity contribution in [3.8, 4) is 0 Å². The van der Waals surface area contributed by atoms with Gasteiger partial charge in [0.15, 0.2) is 0 Å². The minimum Gasteiger partial charge on any atom is -0.396 e. The Morgan fingerprint density at radius 1 is 1.47 bits per heavy atom. The first kappa shape index (κ1) is 16.4. The number of halogens is 1. The number of rotatable bonds is 7. The summed E-state index contributed by atoms with van der Waals surface area (Å²) in [6, 6.07) is 4.12. The first-order valence-electron chi connectivity index (χ1n) is 5.79. The van der Waals surface area contributed by atoms with E-state index < -0.39 is 16.1 Å². The van der Waals surface area contributed by atoms with E-state index in [9.17, 15) is 8.42 Å². The predicted octanol–water partition coefficient (Wildman–Crippen LogP) is 1.32. The van der Waals surface area contributed by atoms with Crippen molar-refractivity contribution in [1.82, 2.24) is 4.72 Å². The lowest BCUT2D eigenvalue weighted by molar-refractivity contribution is 0.158. The van der Waals surface area contributed by atoms with Gasteiger partial charge in [-0.3, -0.25) is 0 Å². The summed E-state index contributed by atoms with van der Waals surface area (Å²) in [5.41, 5.74) is 0.570. The number of methoxy groups -OCH3 is 1. The predicted molar refractivity (Wildman–Crippen MR) is 73.9 cm³/mol. The molecular weight excluding hydrogens is 290 g/mol. The highest BCUT2D eigenvalue weighted by Crippen LogP contribution is 2.19. The van der Waals surface area contributed by atoms with Crippen molar-refractivity contribution in [2.24, 2.45) is 0 Å². The minimum absolute atomic E-state index is 0.115. The fourth-order valence-electron chi connectivity index (χ4n) is 1.73. The van der Waals surface area contributed by atoms with Gasteiger partial charge >= 0.3 is 0 Å². The van der Waals surface area contributed by atoms with Gasteiger partial charge in [-0.2, -0.15) is 0 Å². The highest BCUT2D eigenvalue weighted by Gasteiger charge is 2.21. The van der Waals surface area contributed by atoms with E-state index in [2.05, 4.69) is 4.72 Å². The molecule has 0 saturated heterocycles. The van der Waals surface area contributed by atoms with Gasteiger partial charge in [0.25, 0.3) is 0 Å². The number of nitrogens with one attached hydrogen (secondary N) is 1. The number of aryl methyl sites for hydroxylation is 1. The Hall–Kier alpha value is -0.660. The van der Waals surface area contributed by atoms with E-state index in [1.807, 2.05) is 0 Å². The molecule has 0 heterocycles. The van der Waals surface area contributed by atoms with Crippen molar-refractivity contribution in [3.63, 3.8) is 0 Å². The van der Waals surface area contributed by atoms with E-state index in [4.69, 9.17) is 21.4 Å². The molecule has 1 atom stereocenters. The summed E-state index contributed by atoms with van der Waals surface area (Å²) in [5.74, 6) is 0. The topological polar surface area (TPSA) is 75.6 Å². The minimum atomic E-state index is -3.65. The average molecular weight is 308 g/mol. The number of benzene rings is 1. The molecule has 1 unspecified atom stereocenters. The third-order valence-corrected chi connectivity index (χ3v) is 4.51. The lowest BCUT2D eigenvalue weighted by Gasteiger charge is -2.17. The fourth-order valence-corrected chi connectivity index (χ4v) is 3.44. The van der Waals surface area contributed by atoms with Crippen LogP contribution in [-0.4, -0.2) is 39.9 Å². The molecule has 1 aromatic rings. The second-order valence-electron chi connectivity index (χ2n) is 4.20. The van der Waals surface area contributed by atoms with Crippen LogP contribution in [0.3, 0.4) is 0 Å². The fraction of sp³-hybridized carbons (Fsp3) is 0.500. The Labute approximate surface area is 118 Å². The molecule has 19 heavy (non-hydrogen) atoms. The number of ether oxygens (including phenoxy) is 1. The van der Waals surface area contributed by atoms with Crippen LogP contribution >= 0.6 is 11.6 Å². The van der Waals surface area contributed by atoms with Crippen LogP contribution in [0.5, 0.6) is 0 Å². The van der Waals surface area contributed by atoms with Gasteiger partial charge in [-0.1, -0.05) is 11.6 Å². The molecule has 0 aliphatic carbocycles. The molecule has 0 aromatic heterocycles. The number of hydrogen-bond donors (Lipinski definition) is 2. The van der Waals surface area contributed by atoms with E-state index >= 15 is 0 Å². The summed E-state index contributed by atoms with van der Waals surface area (Å²) < 4.78 is 31.9. The van der Waals surface area contributed by atoms with Crippen LogP contribution in [-0.2, 0) is 14.8 Å². The second-order valence-corrected chi connectivity index (χ2v) is 6.31. The molecule has 0 amide bonds. The molecule has 1 aromatic carbocycles. The van der Waals surface area contributed by atoms with Crippen molar-refractivity contribution in [2.45, 2.75) is 24.3 Å². The monoisotopic (exact) mass is 307 g/mol. The average Bonchev–Trinajstić information content (AvgIpc) is 2.28. The highest BCUT2D eigenvalue weighted by molar-refractivity contribution is 7.89. The highest BCUT2D eigenvalue weighted by atomic mass is 35.5. The lowest BCUT2D eigenvalue weighted by Crippen LogP contribution is -2.38. The van der Waals surface area contributed by atoms with Gasteiger partial charge in [0.05, 0.1) is 11.5 Å². The zero-order valence-electron chi connectivity index (χ0n) is 10.9. The van der Waals surface area contributed by atoms with Gasteiger partial charge in [0, 0.05) is 24.8 Å². The second kappa shape index (κ2) is 7.21. The number of hydrogen-bond acceptors (Lipinski definition) is 4. The third-order valence-electron chi connectivity index (χ3n) is 2.59. The van der Waals surface area contributed by atoms with Gasteiger partial charge in [-0.05, 0) is 37.1 Å². The SMILES string of the molecule is COCC(CCO)NS(=O)(=O)c1ccc(Cl)cc1C. The van der Waals surface area contributed by atoms with Crippen LogP contribution in [0.2, 0.25) is 5.02 Å². The van der Waals surface area contributed by atoms with Crippen LogP contribution in [0.1, 0.15) is 12.0 Å². The maximum atomic E-state index is 12.2. The first-order chi connectivity index (χ1) is 8.90. The van der Waals surface area contributed by atoms with E-state index in [-0.39, 0.29) is 18.1 Å². The molecule has 5 nitrogen and oxygen atoms in total.